The second kappa shape index (κ2) is 4.52. The second-order valence-electron chi connectivity index (χ2n) is 5.75. The maximum absolute atomic E-state index is 12.3. The fourth-order valence-corrected chi connectivity index (χ4v) is 3.37. The van der Waals surface area contributed by atoms with Gasteiger partial charge in [-0.05, 0) is 19.3 Å². The maximum atomic E-state index is 12.3. The van der Waals surface area contributed by atoms with Crippen LogP contribution >= 0.6 is 0 Å². The first kappa shape index (κ1) is 12.5. The SMILES string of the molecule is Nc1cc(C(=O)N2CCC3(O)CCCCC3C2)[nH]n1. The Labute approximate surface area is 112 Å². The van der Waals surface area contributed by atoms with Gasteiger partial charge in [0.1, 0.15) is 11.5 Å². The number of aromatic amines is 1. The fourth-order valence-electron chi connectivity index (χ4n) is 3.37. The van der Waals surface area contributed by atoms with Crippen molar-refractivity contribution >= 4 is 11.7 Å². The van der Waals surface area contributed by atoms with Crippen molar-refractivity contribution in [1.82, 2.24) is 15.1 Å². The number of rotatable bonds is 1. The number of H-pyrrole nitrogens is 1. The minimum Gasteiger partial charge on any atom is -0.389 e. The van der Waals surface area contributed by atoms with Gasteiger partial charge in [0, 0.05) is 25.1 Å². The Morgan fingerprint density at radius 3 is 3.11 bits per heavy atom. The number of aromatic nitrogens is 2. The van der Waals surface area contributed by atoms with Crippen molar-refractivity contribution in [3.63, 3.8) is 0 Å². The zero-order chi connectivity index (χ0) is 13.5. The van der Waals surface area contributed by atoms with E-state index in [2.05, 4.69) is 10.2 Å². The number of nitrogens with one attached hydrogen (secondary N) is 1. The smallest absolute Gasteiger partial charge is 0.271 e. The predicted octanol–water partition coefficient (Wildman–Crippen LogP) is 0.759. The van der Waals surface area contributed by atoms with E-state index in [9.17, 15) is 9.90 Å². The fraction of sp³-hybridized carbons (Fsp3) is 0.692. The molecule has 6 heteroatoms. The quantitative estimate of drug-likeness (QED) is 0.697. The summed E-state index contributed by atoms with van der Waals surface area (Å²) >= 11 is 0. The molecule has 104 valence electrons. The van der Waals surface area contributed by atoms with Crippen molar-refractivity contribution in [3.05, 3.63) is 11.8 Å². The Morgan fingerprint density at radius 1 is 1.53 bits per heavy atom. The largest absolute Gasteiger partial charge is 0.389 e. The zero-order valence-electron chi connectivity index (χ0n) is 10.9. The summed E-state index contributed by atoms with van der Waals surface area (Å²) in [5, 5.41) is 17.0. The van der Waals surface area contributed by atoms with Gasteiger partial charge in [-0.3, -0.25) is 9.89 Å². The highest BCUT2D eigenvalue weighted by Crippen LogP contribution is 2.39. The molecule has 2 unspecified atom stereocenters. The van der Waals surface area contributed by atoms with Crippen LogP contribution in [-0.2, 0) is 0 Å². The van der Waals surface area contributed by atoms with Crippen molar-refractivity contribution in [3.8, 4) is 0 Å². The summed E-state index contributed by atoms with van der Waals surface area (Å²) in [6.45, 7) is 1.24. The van der Waals surface area contributed by atoms with Crippen LogP contribution in [0.4, 0.5) is 5.82 Å². The molecule has 6 nitrogen and oxygen atoms in total. The maximum Gasteiger partial charge on any atom is 0.271 e. The number of fused-ring (bicyclic) bond motifs is 1. The molecule has 0 aromatic carbocycles. The summed E-state index contributed by atoms with van der Waals surface area (Å²) < 4.78 is 0. The Morgan fingerprint density at radius 2 is 2.37 bits per heavy atom. The molecule has 1 aromatic heterocycles. The molecule has 2 atom stereocenters. The first-order chi connectivity index (χ1) is 9.08. The van der Waals surface area contributed by atoms with Crippen molar-refractivity contribution in [2.24, 2.45) is 5.92 Å². The van der Waals surface area contributed by atoms with Crippen LogP contribution in [0.3, 0.4) is 0 Å². The van der Waals surface area contributed by atoms with Gasteiger partial charge in [-0.1, -0.05) is 12.8 Å². The third-order valence-electron chi connectivity index (χ3n) is 4.54. The molecule has 0 spiro atoms. The highest BCUT2D eigenvalue weighted by molar-refractivity contribution is 5.93. The lowest BCUT2D eigenvalue weighted by molar-refractivity contribution is -0.0886. The van der Waals surface area contributed by atoms with Gasteiger partial charge in [0.25, 0.3) is 5.91 Å². The van der Waals surface area contributed by atoms with Crippen LogP contribution in [0.15, 0.2) is 6.07 Å². The molecule has 19 heavy (non-hydrogen) atoms. The van der Waals surface area contributed by atoms with Gasteiger partial charge < -0.3 is 15.7 Å². The number of amides is 1. The minimum absolute atomic E-state index is 0.0724. The number of carbonyl (C=O) groups is 1. The Bertz CT molecular complexity index is 487. The number of likely N-dealkylation sites (tertiary alicyclic amines) is 1. The molecule has 1 saturated heterocycles. The molecular weight excluding hydrogens is 244 g/mol. The first-order valence-corrected chi connectivity index (χ1v) is 6.91. The molecule has 2 fully saturated rings. The first-order valence-electron chi connectivity index (χ1n) is 6.91. The summed E-state index contributed by atoms with van der Waals surface area (Å²) in [6, 6.07) is 1.56. The van der Waals surface area contributed by atoms with Crippen molar-refractivity contribution in [1.29, 1.82) is 0 Å². The van der Waals surface area contributed by atoms with Crippen LogP contribution in [0.2, 0.25) is 0 Å². The monoisotopic (exact) mass is 264 g/mol. The van der Waals surface area contributed by atoms with E-state index in [1.54, 1.807) is 11.0 Å². The number of anilines is 1. The number of nitrogen functional groups attached to an aromatic ring is 1. The molecule has 1 saturated carbocycles. The van der Waals surface area contributed by atoms with Crippen LogP contribution < -0.4 is 5.73 Å². The molecule has 1 aromatic rings. The summed E-state index contributed by atoms with van der Waals surface area (Å²) in [5.41, 5.74) is 5.40. The van der Waals surface area contributed by atoms with Crippen LogP contribution in [-0.4, -0.2) is 44.8 Å². The topological polar surface area (TPSA) is 95.2 Å². The van der Waals surface area contributed by atoms with Crippen LogP contribution in [0.25, 0.3) is 0 Å². The number of nitrogens with two attached hydrogens (primary N) is 1. The Kier molecular flexibility index (Phi) is 2.97. The third kappa shape index (κ3) is 2.20. The molecule has 1 aliphatic carbocycles. The second-order valence-corrected chi connectivity index (χ2v) is 5.75. The summed E-state index contributed by atoms with van der Waals surface area (Å²) in [4.78, 5) is 14.1. The van der Waals surface area contributed by atoms with E-state index in [0.29, 0.717) is 31.0 Å². The van der Waals surface area contributed by atoms with Gasteiger partial charge in [-0.2, -0.15) is 5.10 Å². The highest BCUT2D eigenvalue weighted by atomic mass is 16.3. The lowest BCUT2D eigenvalue weighted by Gasteiger charge is -2.47. The summed E-state index contributed by atoms with van der Waals surface area (Å²) in [7, 11) is 0. The Hall–Kier alpha value is -1.56. The lowest BCUT2D eigenvalue weighted by atomic mass is 9.71. The van der Waals surface area contributed by atoms with Gasteiger partial charge in [0.2, 0.25) is 0 Å². The molecule has 1 amide bonds. The average Bonchev–Trinajstić information content (AvgIpc) is 2.83. The number of hydrogen-bond donors (Lipinski definition) is 3. The minimum atomic E-state index is -0.554. The molecule has 2 aliphatic rings. The molecule has 3 rings (SSSR count). The number of carbonyl (C=O) groups excluding carboxylic acids is 1. The molecule has 1 aliphatic heterocycles. The molecular formula is C13H20N4O2. The van der Waals surface area contributed by atoms with Gasteiger partial charge in [-0.15, -0.1) is 0 Å². The van der Waals surface area contributed by atoms with E-state index in [-0.39, 0.29) is 11.8 Å². The van der Waals surface area contributed by atoms with E-state index >= 15 is 0 Å². The van der Waals surface area contributed by atoms with Crippen LogP contribution in [0, 0.1) is 5.92 Å². The van der Waals surface area contributed by atoms with E-state index in [1.807, 2.05) is 0 Å². The predicted molar refractivity (Wildman–Crippen MR) is 70.4 cm³/mol. The van der Waals surface area contributed by atoms with Crippen LogP contribution in [0.1, 0.15) is 42.6 Å². The normalized spacial score (nSPS) is 31.0. The summed E-state index contributed by atoms with van der Waals surface area (Å²) in [6.07, 6.45) is 4.79. The number of hydrogen-bond acceptors (Lipinski definition) is 4. The van der Waals surface area contributed by atoms with Gasteiger partial charge in [-0.25, -0.2) is 0 Å². The third-order valence-corrected chi connectivity index (χ3v) is 4.54. The van der Waals surface area contributed by atoms with Gasteiger partial charge in [0.05, 0.1) is 5.60 Å². The van der Waals surface area contributed by atoms with E-state index < -0.39 is 5.60 Å². The van der Waals surface area contributed by atoms with Gasteiger partial charge >= 0.3 is 0 Å². The molecule has 2 heterocycles. The average molecular weight is 264 g/mol. The lowest BCUT2D eigenvalue weighted by Crippen LogP contribution is -2.54. The van der Waals surface area contributed by atoms with Crippen molar-refractivity contribution in [2.45, 2.75) is 37.7 Å². The van der Waals surface area contributed by atoms with E-state index in [4.69, 9.17) is 5.73 Å². The van der Waals surface area contributed by atoms with Crippen molar-refractivity contribution < 1.29 is 9.90 Å². The van der Waals surface area contributed by atoms with E-state index in [1.165, 1.54) is 0 Å². The standard InChI is InChI=1S/C13H20N4O2/c14-11-7-10(15-16-11)12(18)17-6-5-13(19)4-2-1-3-9(13)8-17/h7,9,19H,1-6,8H2,(H3,14,15,16). The van der Waals surface area contributed by atoms with Crippen LogP contribution in [0.5, 0.6) is 0 Å². The molecule has 0 radical (unpaired) electrons. The molecule has 4 N–H and O–H groups in total. The van der Waals surface area contributed by atoms with Gasteiger partial charge in [0.15, 0.2) is 0 Å². The number of nitrogens with zero attached hydrogens (tertiary/aromatic N) is 2. The van der Waals surface area contributed by atoms with Crippen molar-refractivity contribution in [2.75, 3.05) is 18.8 Å². The summed E-state index contributed by atoms with van der Waals surface area (Å²) in [5.74, 6) is 0.463. The molecule has 0 bridgehead atoms. The number of aliphatic hydroxyl groups is 1. The Balaban J connectivity index is 1.72. The highest BCUT2D eigenvalue weighted by Gasteiger charge is 2.43. The number of piperidine rings is 1. The zero-order valence-corrected chi connectivity index (χ0v) is 10.9. The van der Waals surface area contributed by atoms with E-state index in [0.717, 1.165) is 25.7 Å².